The number of hydrogen-bond acceptors (Lipinski definition) is 8. The van der Waals surface area contributed by atoms with Gasteiger partial charge in [-0.15, -0.1) is 21.5 Å². The van der Waals surface area contributed by atoms with Crippen molar-refractivity contribution in [1.29, 1.82) is 0 Å². The molecule has 2 heterocycles. The lowest BCUT2D eigenvalue weighted by Gasteiger charge is -2.05. The molecule has 0 aliphatic rings. The smallest absolute Gasteiger partial charge is 0.277 e. The van der Waals surface area contributed by atoms with Crippen LogP contribution < -0.4 is 9.47 Å². The summed E-state index contributed by atoms with van der Waals surface area (Å²) < 4.78 is 29.4. The highest BCUT2D eigenvalue weighted by atomic mass is 32.2. The van der Waals surface area contributed by atoms with E-state index in [1.165, 1.54) is 35.2 Å². The first kappa shape index (κ1) is 19.4. The first-order chi connectivity index (χ1) is 14.1. The van der Waals surface area contributed by atoms with Crippen LogP contribution in [0.3, 0.4) is 0 Å². The van der Waals surface area contributed by atoms with Gasteiger partial charge in [0, 0.05) is 28.3 Å². The van der Waals surface area contributed by atoms with Crippen LogP contribution in [0.1, 0.15) is 5.69 Å². The molecule has 2 aromatic carbocycles. The van der Waals surface area contributed by atoms with Gasteiger partial charge in [-0.05, 0) is 36.4 Å². The van der Waals surface area contributed by atoms with Crippen LogP contribution in [0.25, 0.3) is 22.0 Å². The lowest BCUT2D eigenvalue weighted by atomic mass is 10.2. The molecule has 0 bridgehead atoms. The largest absolute Gasteiger partial charge is 0.497 e. The van der Waals surface area contributed by atoms with Gasteiger partial charge in [0.15, 0.2) is 0 Å². The molecular formula is C20H16FN3O3S2. The molecule has 0 saturated carbocycles. The average molecular weight is 429 g/mol. The zero-order valence-corrected chi connectivity index (χ0v) is 17.2. The molecule has 0 aliphatic heterocycles. The summed E-state index contributed by atoms with van der Waals surface area (Å²) in [6.45, 7) is 0. The van der Waals surface area contributed by atoms with E-state index in [4.69, 9.17) is 13.9 Å². The Hall–Kier alpha value is -2.91. The molecule has 0 fully saturated rings. The van der Waals surface area contributed by atoms with Gasteiger partial charge in [0.1, 0.15) is 22.3 Å². The van der Waals surface area contributed by atoms with E-state index in [0.717, 1.165) is 16.3 Å². The monoisotopic (exact) mass is 429 g/mol. The standard InChI is InChI=1S/C20H16FN3O3S2/c1-25-16-7-13(8-17(9-16)26-2)18-23-24-20(27-18)29-11-15-10-28-19(22-15)12-3-5-14(21)6-4-12/h3-10H,11H2,1-2H3. The van der Waals surface area contributed by atoms with Gasteiger partial charge in [0.05, 0.1) is 19.9 Å². The Morgan fingerprint density at radius 1 is 1.00 bits per heavy atom. The SMILES string of the molecule is COc1cc(OC)cc(-c2nnc(SCc3csc(-c4ccc(F)cc4)n3)o2)c1. The highest BCUT2D eigenvalue weighted by molar-refractivity contribution is 7.98. The predicted molar refractivity (Wildman–Crippen MR) is 110 cm³/mol. The van der Waals surface area contributed by atoms with E-state index in [2.05, 4.69) is 15.2 Å². The van der Waals surface area contributed by atoms with E-state index in [-0.39, 0.29) is 5.82 Å². The van der Waals surface area contributed by atoms with Gasteiger partial charge < -0.3 is 13.9 Å². The van der Waals surface area contributed by atoms with Crippen molar-refractivity contribution in [2.75, 3.05) is 14.2 Å². The number of methoxy groups -OCH3 is 2. The van der Waals surface area contributed by atoms with E-state index in [9.17, 15) is 4.39 Å². The Morgan fingerprint density at radius 2 is 1.72 bits per heavy atom. The highest BCUT2D eigenvalue weighted by Gasteiger charge is 2.13. The van der Waals surface area contributed by atoms with Crippen molar-refractivity contribution in [3.8, 4) is 33.5 Å². The molecule has 0 N–H and O–H groups in total. The van der Waals surface area contributed by atoms with Gasteiger partial charge in [-0.2, -0.15) is 0 Å². The maximum Gasteiger partial charge on any atom is 0.277 e. The summed E-state index contributed by atoms with van der Waals surface area (Å²) in [7, 11) is 3.17. The lowest BCUT2D eigenvalue weighted by molar-refractivity contribution is 0.394. The van der Waals surface area contributed by atoms with Gasteiger partial charge in [0.25, 0.3) is 5.22 Å². The number of aromatic nitrogens is 3. The number of thioether (sulfide) groups is 1. The first-order valence-electron chi connectivity index (χ1n) is 8.54. The molecule has 6 nitrogen and oxygen atoms in total. The number of benzene rings is 2. The van der Waals surface area contributed by atoms with Crippen LogP contribution in [0.4, 0.5) is 4.39 Å². The summed E-state index contributed by atoms with van der Waals surface area (Å²) in [5, 5.41) is 11.5. The third-order valence-corrected chi connectivity index (χ3v) is 5.78. The quantitative estimate of drug-likeness (QED) is 0.369. The second-order valence-electron chi connectivity index (χ2n) is 5.91. The van der Waals surface area contributed by atoms with E-state index >= 15 is 0 Å². The molecule has 0 aliphatic carbocycles. The Bertz CT molecular complexity index is 1090. The second-order valence-corrected chi connectivity index (χ2v) is 7.70. The minimum atomic E-state index is -0.262. The molecule has 2 aromatic heterocycles. The van der Waals surface area contributed by atoms with Crippen LogP contribution in [-0.4, -0.2) is 29.4 Å². The minimum absolute atomic E-state index is 0.262. The normalized spacial score (nSPS) is 10.9. The number of thiazole rings is 1. The summed E-state index contributed by atoms with van der Waals surface area (Å²) in [5.74, 6) is 1.99. The summed E-state index contributed by atoms with van der Waals surface area (Å²) in [6.07, 6.45) is 0. The van der Waals surface area contributed by atoms with Crippen LogP contribution in [0.15, 0.2) is 57.5 Å². The fraction of sp³-hybridized carbons (Fsp3) is 0.150. The van der Waals surface area contributed by atoms with E-state index in [1.807, 2.05) is 5.38 Å². The molecular weight excluding hydrogens is 413 g/mol. The van der Waals surface area contributed by atoms with Crippen molar-refractivity contribution >= 4 is 23.1 Å². The maximum atomic E-state index is 13.1. The predicted octanol–water partition coefficient (Wildman–Crippen LogP) is 5.31. The van der Waals surface area contributed by atoms with Crippen molar-refractivity contribution in [1.82, 2.24) is 15.2 Å². The van der Waals surface area contributed by atoms with Crippen LogP contribution >= 0.6 is 23.1 Å². The van der Waals surface area contributed by atoms with Gasteiger partial charge in [0.2, 0.25) is 5.89 Å². The van der Waals surface area contributed by atoms with Crippen LogP contribution in [0, 0.1) is 5.82 Å². The summed E-state index contributed by atoms with van der Waals surface area (Å²) in [4.78, 5) is 4.59. The Morgan fingerprint density at radius 3 is 2.41 bits per heavy atom. The molecule has 0 spiro atoms. The molecule has 0 radical (unpaired) electrons. The highest BCUT2D eigenvalue weighted by Crippen LogP contribution is 2.32. The molecule has 0 atom stereocenters. The minimum Gasteiger partial charge on any atom is -0.497 e. The van der Waals surface area contributed by atoms with Gasteiger partial charge in [-0.3, -0.25) is 0 Å². The molecule has 0 saturated heterocycles. The zero-order valence-electron chi connectivity index (χ0n) is 15.6. The second kappa shape index (κ2) is 8.62. The van der Waals surface area contributed by atoms with Gasteiger partial charge in [-0.1, -0.05) is 11.8 Å². The van der Waals surface area contributed by atoms with Crippen LogP contribution in [0.2, 0.25) is 0 Å². The fourth-order valence-electron chi connectivity index (χ4n) is 2.55. The Balaban J connectivity index is 1.44. The van der Waals surface area contributed by atoms with E-state index in [0.29, 0.717) is 33.9 Å². The van der Waals surface area contributed by atoms with Crippen molar-refractivity contribution in [2.45, 2.75) is 11.0 Å². The van der Waals surface area contributed by atoms with Crippen molar-refractivity contribution < 1.29 is 18.3 Å². The maximum absolute atomic E-state index is 13.1. The van der Waals surface area contributed by atoms with Crippen LogP contribution in [-0.2, 0) is 5.75 Å². The zero-order chi connectivity index (χ0) is 20.2. The summed E-state index contributed by atoms with van der Waals surface area (Å²) in [6, 6.07) is 11.7. The topological polar surface area (TPSA) is 70.3 Å². The molecule has 9 heteroatoms. The van der Waals surface area contributed by atoms with Gasteiger partial charge >= 0.3 is 0 Å². The third kappa shape index (κ3) is 4.57. The molecule has 148 valence electrons. The summed E-state index contributed by atoms with van der Waals surface area (Å²) >= 11 is 2.91. The molecule has 0 unspecified atom stereocenters. The first-order valence-corrected chi connectivity index (χ1v) is 10.4. The van der Waals surface area contributed by atoms with E-state index < -0.39 is 0 Å². The average Bonchev–Trinajstić information content (AvgIpc) is 3.42. The number of nitrogens with zero attached hydrogens (tertiary/aromatic N) is 3. The van der Waals surface area contributed by atoms with Gasteiger partial charge in [-0.25, -0.2) is 9.37 Å². The fourth-order valence-corrected chi connectivity index (χ4v) is 4.14. The lowest BCUT2D eigenvalue weighted by Crippen LogP contribution is -1.88. The Kier molecular flexibility index (Phi) is 5.77. The summed E-state index contributed by atoms with van der Waals surface area (Å²) in [5.41, 5.74) is 2.50. The molecule has 0 amide bonds. The van der Waals surface area contributed by atoms with E-state index in [1.54, 1.807) is 44.6 Å². The number of halogens is 1. The third-order valence-electron chi connectivity index (χ3n) is 3.99. The number of ether oxygens (including phenoxy) is 2. The molecule has 4 rings (SSSR count). The van der Waals surface area contributed by atoms with Crippen LogP contribution in [0.5, 0.6) is 11.5 Å². The Labute approximate surface area is 174 Å². The van der Waals surface area contributed by atoms with Crippen molar-refractivity contribution in [3.63, 3.8) is 0 Å². The molecule has 29 heavy (non-hydrogen) atoms. The number of rotatable bonds is 7. The number of hydrogen-bond donors (Lipinski definition) is 0. The molecule has 4 aromatic rings. The van der Waals surface area contributed by atoms with Crippen molar-refractivity contribution in [3.05, 3.63) is 59.4 Å². The van der Waals surface area contributed by atoms with Crippen molar-refractivity contribution in [2.24, 2.45) is 0 Å².